The molecule has 6 aromatic carbocycles. The maximum atomic E-state index is 14.6. The third-order valence-electron chi connectivity index (χ3n) is 11.4. The van der Waals surface area contributed by atoms with Crippen molar-refractivity contribution in [1.29, 1.82) is 0 Å². The number of allylic oxidation sites excluding steroid dienone is 2. The van der Waals surface area contributed by atoms with Crippen LogP contribution >= 0.6 is 0 Å². The minimum Gasteiger partial charge on any atom is -0.220 e. The zero-order valence-corrected chi connectivity index (χ0v) is 31.4. The van der Waals surface area contributed by atoms with E-state index in [1.165, 1.54) is 0 Å². The van der Waals surface area contributed by atoms with Crippen molar-refractivity contribution in [2.45, 2.75) is 51.3 Å². The predicted molar refractivity (Wildman–Crippen MR) is 210 cm³/mol. The highest BCUT2D eigenvalue weighted by Gasteiger charge is 2.47. The lowest BCUT2D eigenvalue weighted by Gasteiger charge is -2.16. The number of hydrogen-bond acceptors (Lipinski definition) is 3. The molecule has 0 aromatic heterocycles. The van der Waals surface area contributed by atoms with Crippen LogP contribution in [0.3, 0.4) is 0 Å². The number of fused-ring (bicyclic) bond motifs is 9. The Morgan fingerprint density at radius 2 is 0.846 bits per heavy atom. The van der Waals surface area contributed by atoms with Gasteiger partial charge in [0, 0.05) is 33.4 Å². The van der Waals surface area contributed by atoms with E-state index < -0.39 is 19.7 Å². The zero-order chi connectivity index (χ0) is 36.2. The summed E-state index contributed by atoms with van der Waals surface area (Å²) in [5.74, 6) is 0. The van der Waals surface area contributed by atoms with E-state index in [0.717, 1.165) is 110 Å². The van der Waals surface area contributed by atoms with Gasteiger partial charge in [-0.2, -0.15) is 4.21 Å². The van der Waals surface area contributed by atoms with Gasteiger partial charge in [0.15, 0.2) is 0 Å². The van der Waals surface area contributed by atoms with Crippen LogP contribution in [0.5, 0.6) is 0 Å². The third kappa shape index (κ3) is 3.86. The molecule has 4 aliphatic rings. The van der Waals surface area contributed by atoms with E-state index in [0.29, 0.717) is 19.6 Å². The minimum atomic E-state index is -3.81. The number of hydrogen-bond donors (Lipinski definition) is 0. The monoisotopic (exact) mass is 715 g/mol. The molecule has 2 aliphatic carbocycles. The summed E-state index contributed by atoms with van der Waals surface area (Å²) in [6.45, 7) is 12.4. The van der Waals surface area contributed by atoms with Crippen LogP contribution in [0, 0.1) is 41.5 Å². The predicted octanol–water partition coefficient (Wildman–Crippen LogP) is 8.37. The van der Waals surface area contributed by atoms with E-state index in [-0.39, 0.29) is 0 Å². The quantitative estimate of drug-likeness (QED) is 0.169. The molecule has 0 spiro atoms. The summed E-state index contributed by atoms with van der Waals surface area (Å²) in [5, 5.41) is 3.71. The summed E-state index contributed by atoms with van der Waals surface area (Å²) in [6.07, 6.45) is 0. The van der Waals surface area contributed by atoms with E-state index in [2.05, 4.69) is 90.1 Å². The molecule has 10 rings (SSSR count). The highest BCUT2D eigenvalue weighted by atomic mass is 32.2. The largest absolute Gasteiger partial charge is 0.334 e. The molecule has 2 heterocycles. The van der Waals surface area contributed by atoms with Gasteiger partial charge in [0.2, 0.25) is 9.84 Å². The lowest BCUT2D eigenvalue weighted by atomic mass is 9.91. The second-order valence-corrected chi connectivity index (χ2v) is 18.6. The van der Waals surface area contributed by atoms with E-state index in [1.807, 2.05) is 30.3 Å². The van der Waals surface area contributed by atoms with Crippen LogP contribution < -0.4 is 10.4 Å². The van der Waals surface area contributed by atoms with Crippen molar-refractivity contribution in [1.82, 2.24) is 0 Å². The SMILES string of the molecule is Cc1cc(C)c(C2=c3cc4cc5c(cc4cc3C3=C2S(=O)(=O)c2ccccc23)=C(c2c(C)cc(C)cc2C)C2=C5c3ccccc3S2(=O)=[OH+])c(C)c1. The molecule has 0 amide bonds. The van der Waals surface area contributed by atoms with Gasteiger partial charge in [0.05, 0.1) is 9.80 Å². The Labute approximate surface area is 303 Å². The second kappa shape index (κ2) is 10.2. The van der Waals surface area contributed by atoms with Crippen LogP contribution in [0.25, 0.3) is 33.1 Å². The van der Waals surface area contributed by atoms with Gasteiger partial charge in [-0.25, -0.2) is 12.6 Å². The second-order valence-electron chi connectivity index (χ2n) is 14.9. The first kappa shape index (κ1) is 31.4. The molecule has 1 unspecified atom stereocenters. The summed E-state index contributed by atoms with van der Waals surface area (Å²) < 4.78 is 55.6. The molecule has 0 bridgehead atoms. The first-order valence-electron chi connectivity index (χ1n) is 17.5. The minimum absolute atomic E-state index is 0.345. The summed E-state index contributed by atoms with van der Waals surface area (Å²) in [4.78, 5) is 1.66. The fourth-order valence-corrected chi connectivity index (χ4v) is 13.5. The van der Waals surface area contributed by atoms with E-state index in [9.17, 15) is 16.8 Å². The van der Waals surface area contributed by atoms with Crippen molar-refractivity contribution in [3.63, 3.8) is 0 Å². The molecule has 0 saturated carbocycles. The number of benzene rings is 6. The maximum absolute atomic E-state index is 14.6. The van der Waals surface area contributed by atoms with Crippen LogP contribution in [-0.4, -0.2) is 16.8 Å². The maximum Gasteiger partial charge on any atom is 0.334 e. The van der Waals surface area contributed by atoms with Gasteiger partial charge in [-0.3, -0.25) is 0 Å². The molecule has 4 nitrogen and oxygen atoms in total. The first-order valence-corrected chi connectivity index (χ1v) is 20.5. The first-order chi connectivity index (χ1) is 24.8. The Hall–Kier alpha value is -5.30. The Morgan fingerprint density at radius 3 is 1.35 bits per heavy atom. The van der Waals surface area contributed by atoms with Gasteiger partial charge in [-0.05, 0) is 144 Å². The van der Waals surface area contributed by atoms with Gasteiger partial charge in [-0.15, -0.1) is 0 Å². The summed E-state index contributed by atoms with van der Waals surface area (Å²) in [7, 11) is -7.37. The van der Waals surface area contributed by atoms with Crippen molar-refractivity contribution >= 4 is 52.7 Å². The van der Waals surface area contributed by atoms with Crippen molar-refractivity contribution in [2.75, 3.05) is 0 Å². The molecular formula is C46H35O4S2+. The highest BCUT2D eigenvalue weighted by molar-refractivity contribution is 7.97. The molecular weight excluding hydrogens is 681 g/mol. The molecule has 254 valence electrons. The Morgan fingerprint density at radius 1 is 0.442 bits per heavy atom. The fourth-order valence-electron chi connectivity index (χ4n) is 9.68. The number of aryl methyl sites for hydroxylation is 6. The molecule has 1 N–H and O–H groups in total. The Bertz CT molecular complexity index is 2930. The van der Waals surface area contributed by atoms with E-state index in [4.69, 9.17) is 0 Å². The molecule has 0 fully saturated rings. The van der Waals surface area contributed by atoms with Crippen LogP contribution in [0.2, 0.25) is 0 Å². The Balaban J connectivity index is 1.37. The van der Waals surface area contributed by atoms with Crippen LogP contribution in [0.4, 0.5) is 0 Å². The van der Waals surface area contributed by atoms with Crippen LogP contribution in [-0.2, 0) is 19.7 Å². The molecule has 0 saturated heterocycles. The summed E-state index contributed by atoms with van der Waals surface area (Å²) in [6, 6.07) is 31.9. The Kier molecular flexibility index (Phi) is 6.16. The van der Waals surface area contributed by atoms with Crippen molar-refractivity contribution in [3.05, 3.63) is 184 Å². The normalized spacial score (nSPS) is 18.9. The molecule has 6 aromatic rings. The highest BCUT2D eigenvalue weighted by Crippen LogP contribution is 2.53. The molecule has 0 radical (unpaired) electrons. The molecule has 2 aliphatic heterocycles. The van der Waals surface area contributed by atoms with Crippen molar-refractivity contribution in [3.8, 4) is 0 Å². The lowest BCUT2D eigenvalue weighted by molar-refractivity contribution is 0.604. The number of rotatable bonds is 2. The van der Waals surface area contributed by atoms with Gasteiger partial charge in [0.25, 0.3) is 0 Å². The average molecular weight is 716 g/mol. The summed E-state index contributed by atoms with van der Waals surface area (Å²) >= 11 is 0. The van der Waals surface area contributed by atoms with Crippen molar-refractivity contribution < 1.29 is 16.8 Å². The lowest BCUT2D eigenvalue weighted by Crippen LogP contribution is -2.16. The van der Waals surface area contributed by atoms with Crippen molar-refractivity contribution in [2.24, 2.45) is 0 Å². The van der Waals surface area contributed by atoms with Gasteiger partial charge >= 0.3 is 9.84 Å². The van der Waals surface area contributed by atoms with Gasteiger partial charge in [-0.1, -0.05) is 71.8 Å². The zero-order valence-electron chi connectivity index (χ0n) is 29.7. The van der Waals surface area contributed by atoms with E-state index >= 15 is 0 Å². The van der Waals surface area contributed by atoms with E-state index in [1.54, 1.807) is 18.2 Å². The average Bonchev–Trinajstić information content (AvgIpc) is 3.73. The topological polar surface area (TPSA) is 72.6 Å². The smallest absolute Gasteiger partial charge is 0.220 e. The van der Waals surface area contributed by atoms with Crippen LogP contribution in [0.15, 0.2) is 117 Å². The fraction of sp³-hybridized carbons (Fsp3) is 0.130. The molecule has 6 heteroatoms. The van der Waals surface area contributed by atoms with Crippen LogP contribution in [0.1, 0.15) is 66.8 Å². The molecule has 52 heavy (non-hydrogen) atoms. The molecule has 1 atom stereocenters. The van der Waals surface area contributed by atoms with Gasteiger partial charge < -0.3 is 0 Å². The van der Waals surface area contributed by atoms with Gasteiger partial charge in [0.1, 0.15) is 9.80 Å². The number of sulfone groups is 1. The summed E-state index contributed by atoms with van der Waals surface area (Å²) in [5.41, 5.74) is 14.8. The standard InChI is InChI=1S/C46H34O4S2/c1-23-15-25(3)39(26(4)16-23)43-35-21-29-20-34-36(22-30(29)19-33(35)41-31-11-7-9-13-37(31)51(47,48)45(41)43)44(40-27(5)17-24(2)18-28(40)6)46-42(34)32-12-8-10-14-38(32)52(46,49)50/h7-22H,1-6H3/p+1. The third-order valence-corrected chi connectivity index (χ3v) is 15.2.